The van der Waals surface area contributed by atoms with Crippen LogP contribution < -0.4 is 4.74 Å². The Bertz CT molecular complexity index is 810. The van der Waals surface area contributed by atoms with Crippen LogP contribution in [0, 0.1) is 0 Å². The summed E-state index contributed by atoms with van der Waals surface area (Å²) in [6.45, 7) is 1.93. The topological polar surface area (TPSA) is 76.6 Å². The van der Waals surface area contributed by atoms with Crippen LogP contribution in [0.25, 0.3) is 0 Å². The Hall–Kier alpha value is -1.94. The summed E-state index contributed by atoms with van der Waals surface area (Å²) in [5.41, 5.74) is 3.05. The number of Topliss-reactive ketones (excluding diaryl/α,β-unsaturated/α-hetero) is 1. The molecule has 0 fully saturated rings. The van der Waals surface area contributed by atoms with Gasteiger partial charge in [-0.25, -0.2) is 0 Å². The van der Waals surface area contributed by atoms with Crippen LogP contribution in [-0.4, -0.2) is 44.3 Å². The van der Waals surface area contributed by atoms with E-state index >= 15 is 0 Å². The molecule has 1 unspecified atom stereocenters. The van der Waals surface area contributed by atoms with Crippen molar-refractivity contribution in [3.05, 3.63) is 59.4 Å². The van der Waals surface area contributed by atoms with Crippen LogP contribution >= 0.6 is 34.6 Å². The SMILES string of the molecule is CCc1ccc(C(=O)COc2ccc(CC(SC=O)C(=O)N(C)I)cc2)nc1. The first kappa shape index (κ1) is 22.4. The predicted octanol–water partition coefficient (Wildman–Crippen LogP) is 3.55. The van der Waals surface area contributed by atoms with Gasteiger partial charge in [0.1, 0.15) is 11.4 Å². The Morgan fingerprint density at radius 3 is 2.43 bits per heavy atom. The minimum atomic E-state index is -0.468. The Morgan fingerprint density at radius 2 is 1.89 bits per heavy atom. The zero-order chi connectivity index (χ0) is 20.5. The first-order valence-electron chi connectivity index (χ1n) is 8.67. The summed E-state index contributed by atoms with van der Waals surface area (Å²) < 4.78 is 6.99. The minimum Gasteiger partial charge on any atom is -0.485 e. The molecule has 8 heteroatoms. The van der Waals surface area contributed by atoms with Crippen molar-refractivity contribution in [2.75, 3.05) is 13.7 Å². The van der Waals surface area contributed by atoms with Crippen molar-refractivity contribution in [2.45, 2.75) is 25.0 Å². The Balaban J connectivity index is 1.93. The van der Waals surface area contributed by atoms with Crippen LogP contribution in [-0.2, 0) is 22.4 Å². The molecular formula is C20H21IN2O4S. The van der Waals surface area contributed by atoms with E-state index in [1.54, 1.807) is 31.4 Å². The number of benzene rings is 1. The molecule has 0 aliphatic rings. The molecule has 6 nitrogen and oxygen atoms in total. The average molecular weight is 512 g/mol. The van der Waals surface area contributed by atoms with Crippen LogP contribution in [0.5, 0.6) is 5.75 Å². The van der Waals surface area contributed by atoms with Gasteiger partial charge in [-0.05, 0) is 42.2 Å². The number of amides is 1. The third kappa shape index (κ3) is 6.59. The number of ketones is 1. The Morgan fingerprint density at radius 1 is 1.21 bits per heavy atom. The normalized spacial score (nSPS) is 11.5. The van der Waals surface area contributed by atoms with Gasteiger partial charge in [-0.2, -0.15) is 0 Å². The summed E-state index contributed by atoms with van der Waals surface area (Å²) in [5, 5.41) is -0.468. The number of halogens is 1. The quantitative estimate of drug-likeness (QED) is 0.210. The number of pyridine rings is 1. The van der Waals surface area contributed by atoms with Crippen molar-refractivity contribution < 1.29 is 19.1 Å². The fourth-order valence-electron chi connectivity index (χ4n) is 2.42. The van der Waals surface area contributed by atoms with Gasteiger partial charge in [0.25, 0.3) is 0 Å². The third-order valence-corrected chi connectivity index (χ3v) is 5.32. The zero-order valence-electron chi connectivity index (χ0n) is 15.6. The molecule has 0 saturated carbocycles. The maximum Gasteiger partial charge on any atom is 0.244 e. The summed E-state index contributed by atoms with van der Waals surface area (Å²) in [7, 11) is 1.65. The first-order valence-corrected chi connectivity index (χ1v) is 10.6. The van der Waals surface area contributed by atoms with Crippen LogP contribution in [0.15, 0.2) is 42.6 Å². The summed E-state index contributed by atoms with van der Waals surface area (Å²) in [6.07, 6.45) is 3.00. The lowest BCUT2D eigenvalue weighted by Gasteiger charge is -2.16. The van der Waals surface area contributed by atoms with Crippen molar-refractivity contribution in [1.29, 1.82) is 0 Å². The molecule has 2 rings (SSSR count). The molecule has 0 radical (unpaired) electrons. The van der Waals surface area contributed by atoms with Gasteiger partial charge in [0.15, 0.2) is 12.2 Å². The maximum atomic E-state index is 12.2. The van der Waals surface area contributed by atoms with Crippen molar-refractivity contribution in [1.82, 2.24) is 8.10 Å². The van der Waals surface area contributed by atoms with Crippen LogP contribution in [0.4, 0.5) is 0 Å². The molecule has 1 aromatic heterocycles. The van der Waals surface area contributed by atoms with Gasteiger partial charge in [-0.15, -0.1) is 0 Å². The minimum absolute atomic E-state index is 0.0977. The molecule has 0 bridgehead atoms. The van der Waals surface area contributed by atoms with E-state index in [0.29, 0.717) is 23.5 Å². The molecule has 0 saturated heterocycles. The highest BCUT2D eigenvalue weighted by Gasteiger charge is 2.22. The van der Waals surface area contributed by atoms with E-state index in [9.17, 15) is 14.4 Å². The number of carbonyl (C=O) groups is 3. The van der Waals surface area contributed by atoms with Crippen molar-refractivity contribution in [2.24, 2.45) is 0 Å². The second-order valence-electron chi connectivity index (χ2n) is 6.00. The number of aryl methyl sites for hydroxylation is 1. The zero-order valence-corrected chi connectivity index (χ0v) is 18.6. The molecule has 1 amide bonds. The van der Waals surface area contributed by atoms with Crippen LogP contribution in [0.2, 0.25) is 0 Å². The number of carbonyl (C=O) groups excluding carboxylic acids is 3. The Kier molecular flexibility index (Phi) is 8.91. The van der Waals surface area contributed by atoms with Gasteiger partial charge < -0.3 is 4.74 Å². The van der Waals surface area contributed by atoms with Gasteiger partial charge in [0, 0.05) is 13.2 Å². The number of hydrogen-bond acceptors (Lipinski definition) is 6. The van der Waals surface area contributed by atoms with Crippen LogP contribution in [0.1, 0.15) is 28.5 Å². The number of hydrogen-bond donors (Lipinski definition) is 0. The average Bonchev–Trinajstić information content (AvgIpc) is 2.72. The smallest absolute Gasteiger partial charge is 0.244 e. The highest BCUT2D eigenvalue weighted by molar-refractivity contribution is 14.1. The largest absolute Gasteiger partial charge is 0.485 e. The fraction of sp³-hybridized carbons (Fsp3) is 0.300. The van der Waals surface area contributed by atoms with E-state index in [0.717, 1.165) is 29.3 Å². The lowest BCUT2D eigenvalue weighted by atomic mass is 10.1. The lowest BCUT2D eigenvalue weighted by molar-refractivity contribution is -0.123. The maximum absolute atomic E-state index is 12.2. The summed E-state index contributed by atoms with van der Waals surface area (Å²) in [5.74, 6) is 0.245. The molecular weight excluding hydrogens is 491 g/mol. The molecule has 2 aromatic rings. The van der Waals surface area contributed by atoms with Crippen molar-refractivity contribution in [3.8, 4) is 5.75 Å². The predicted molar refractivity (Wildman–Crippen MR) is 119 cm³/mol. The van der Waals surface area contributed by atoms with Gasteiger partial charge in [0.2, 0.25) is 11.7 Å². The Labute approximate surface area is 182 Å². The van der Waals surface area contributed by atoms with E-state index in [1.165, 1.54) is 3.11 Å². The van der Waals surface area contributed by atoms with E-state index in [1.807, 2.05) is 48.0 Å². The monoisotopic (exact) mass is 512 g/mol. The molecule has 28 heavy (non-hydrogen) atoms. The highest BCUT2D eigenvalue weighted by atomic mass is 127. The number of thioether (sulfide) groups is 1. The molecule has 148 valence electrons. The van der Waals surface area contributed by atoms with Gasteiger partial charge in [-0.1, -0.05) is 36.9 Å². The van der Waals surface area contributed by atoms with E-state index in [4.69, 9.17) is 4.74 Å². The highest BCUT2D eigenvalue weighted by Crippen LogP contribution is 2.20. The lowest BCUT2D eigenvalue weighted by Crippen LogP contribution is -2.29. The second kappa shape index (κ2) is 11.2. The van der Waals surface area contributed by atoms with E-state index in [-0.39, 0.29) is 18.3 Å². The molecule has 0 aliphatic heterocycles. The number of ether oxygens (including phenoxy) is 1. The van der Waals surface area contributed by atoms with Gasteiger partial charge in [0.05, 0.1) is 28.1 Å². The number of nitrogens with zero attached hydrogens (tertiary/aromatic N) is 2. The van der Waals surface area contributed by atoms with E-state index in [2.05, 4.69) is 4.98 Å². The summed E-state index contributed by atoms with van der Waals surface area (Å²) in [4.78, 5) is 39.3. The van der Waals surface area contributed by atoms with E-state index < -0.39 is 5.25 Å². The van der Waals surface area contributed by atoms with Gasteiger partial charge >= 0.3 is 0 Å². The molecule has 1 atom stereocenters. The second-order valence-corrected chi connectivity index (χ2v) is 8.48. The number of rotatable bonds is 10. The molecule has 0 N–H and O–H groups in total. The summed E-state index contributed by atoms with van der Waals surface area (Å²) in [6, 6.07) is 10.7. The van der Waals surface area contributed by atoms with Crippen LogP contribution in [0.3, 0.4) is 0 Å². The fourth-order valence-corrected chi connectivity index (χ4v) is 3.64. The van der Waals surface area contributed by atoms with Crippen molar-refractivity contribution >= 4 is 51.9 Å². The summed E-state index contributed by atoms with van der Waals surface area (Å²) >= 11 is 2.86. The molecule has 1 heterocycles. The molecule has 1 aromatic carbocycles. The molecule has 0 spiro atoms. The first-order chi connectivity index (χ1) is 13.4. The standard InChI is InChI=1S/C20H21IN2O4S/c1-3-14-6-9-17(22-11-14)18(25)12-27-16-7-4-15(5-8-16)10-19(28-13-24)20(26)23(2)21/h4-9,11,13,19H,3,10,12H2,1-2H3. The molecule has 0 aliphatic carbocycles. The van der Waals surface area contributed by atoms with Crippen molar-refractivity contribution in [3.63, 3.8) is 0 Å². The third-order valence-electron chi connectivity index (χ3n) is 4.03. The van der Waals surface area contributed by atoms with Gasteiger partial charge in [-0.3, -0.25) is 22.5 Å². The number of aromatic nitrogens is 1.